The molecule has 3 nitrogen and oxygen atoms in total. The molecule has 2 atom stereocenters. The van der Waals surface area contributed by atoms with Gasteiger partial charge in [-0.25, -0.2) is 0 Å². The lowest BCUT2D eigenvalue weighted by atomic mass is 9.93. The molecule has 1 aromatic carbocycles. The highest BCUT2D eigenvalue weighted by Crippen LogP contribution is 2.20. The maximum atomic E-state index is 5.44. The minimum atomic E-state index is 0. The first kappa shape index (κ1) is 20.5. The van der Waals surface area contributed by atoms with Crippen molar-refractivity contribution in [2.24, 2.45) is 5.92 Å². The van der Waals surface area contributed by atoms with Crippen LogP contribution in [0.25, 0.3) is 0 Å². The molecule has 2 rings (SSSR count). The fraction of sp³-hybridized carbons (Fsp3) is 0.625. The molecule has 0 saturated carbocycles. The zero-order valence-electron chi connectivity index (χ0n) is 13.0. The third-order valence-electron chi connectivity index (χ3n) is 3.87. The van der Waals surface area contributed by atoms with Crippen molar-refractivity contribution in [3.63, 3.8) is 0 Å². The van der Waals surface area contributed by atoms with E-state index in [0.29, 0.717) is 12.0 Å². The molecular weight excluding hydrogens is 307 g/mol. The van der Waals surface area contributed by atoms with Crippen molar-refractivity contribution >= 4 is 30.5 Å². The van der Waals surface area contributed by atoms with Gasteiger partial charge in [0.05, 0.1) is 6.61 Å². The van der Waals surface area contributed by atoms with Crippen LogP contribution >= 0.6 is 24.8 Å². The van der Waals surface area contributed by atoms with E-state index in [2.05, 4.69) is 54.4 Å². The highest BCUT2D eigenvalue weighted by Gasteiger charge is 2.25. The Morgan fingerprint density at radius 2 is 1.95 bits per heavy atom. The monoisotopic (exact) mass is 334 g/mol. The van der Waals surface area contributed by atoms with Gasteiger partial charge in [0.1, 0.15) is 0 Å². The van der Waals surface area contributed by atoms with Crippen LogP contribution in [0.1, 0.15) is 20.3 Å². The average molecular weight is 335 g/mol. The van der Waals surface area contributed by atoms with Gasteiger partial charge in [0.25, 0.3) is 0 Å². The van der Waals surface area contributed by atoms with E-state index in [1.807, 2.05) is 0 Å². The fourth-order valence-electron chi connectivity index (χ4n) is 2.74. The lowest BCUT2D eigenvalue weighted by Crippen LogP contribution is -2.46. The van der Waals surface area contributed by atoms with Gasteiger partial charge in [-0.05, 0) is 31.4 Å². The van der Waals surface area contributed by atoms with Gasteiger partial charge in [0, 0.05) is 38.0 Å². The van der Waals surface area contributed by atoms with Crippen molar-refractivity contribution in [1.29, 1.82) is 0 Å². The summed E-state index contributed by atoms with van der Waals surface area (Å²) < 4.78 is 5.44. The molecule has 21 heavy (non-hydrogen) atoms. The Hall–Kier alpha value is -0.480. The average Bonchev–Trinajstić information content (AvgIpc) is 2.43. The number of para-hydroxylation sites is 1. The van der Waals surface area contributed by atoms with E-state index < -0.39 is 0 Å². The number of halogens is 2. The van der Waals surface area contributed by atoms with Crippen molar-refractivity contribution in [2.75, 3.05) is 38.2 Å². The van der Waals surface area contributed by atoms with Crippen LogP contribution in [0.15, 0.2) is 30.3 Å². The first-order chi connectivity index (χ1) is 9.29. The van der Waals surface area contributed by atoms with Crippen molar-refractivity contribution in [3.8, 4) is 0 Å². The number of hydrogen-bond donors (Lipinski definition) is 1. The van der Waals surface area contributed by atoms with E-state index in [9.17, 15) is 0 Å². The van der Waals surface area contributed by atoms with Gasteiger partial charge in [-0.15, -0.1) is 24.8 Å². The molecule has 1 aromatic rings. The SMILES string of the molecule is CCOCCN1CC[C@H](Nc2ccccc2)[C@@H](C)C1.Cl.Cl. The molecule has 0 bridgehead atoms. The predicted octanol–water partition coefficient (Wildman–Crippen LogP) is 3.69. The zero-order valence-corrected chi connectivity index (χ0v) is 14.6. The molecule has 0 aliphatic carbocycles. The topological polar surface area (TPSA) is 24.5 Å². The number of likely N-dealkylation sites (tertiary alicyclic amines) is 1. The van der Waals surface area contributed by atoms with E-state index in [1.54, 1.807) is 0 Å². The predicted molar refractivity (Wildman–Crippen MR) is 95.1 cm³/mol. The van der Waals surface area contributed by atoms with Crippen LogP contribution in [0, 0.1) is 5.92 Å². The van der Waals surface area contributed by atoms with Gasteiger partial charge in [-0.2, -0.15) is 0 Å². The second kappa shape index (κ2) is 11.1. The van der Waals surface area contributed by atoms with Crippen LogP contribution in [0.3, 0.4) is 0 Å². The summed E-state index contributed by atoms with van der Waals surface area (Å²) in [4.78, 5) is 2.52. The summed E-state index contributed by atoms with van der Waals surface area (Å²) in [7, 11) is 0. The van der Waals surface area contributed by atoms with Crippen LogP contribution in [0.2, 0.25) is 0 Å². The quantitative estimate of drug-likeness (QED) is 0.803. The van der Waals surface area contributed by atoms with E-state index >= 15 is 0 Å². The second-order valence-electron chi connectivity index (χ2n) is 5.38. The summed E-state index contributed by atoms with van der Waals surface area (Å²) in [5, 5.41) is 3.66. The molecule has 0 amide bonds. The van der Waals surface area contributed by atoms with Crippen molar-refractivity contribution in [3.05, 3.63) is 30.3 Å². The van der Waals surface area contributed by atoms with Crippen LogP contribution in [0.4, 0.5) is 5.69 Å². The lowest BCUT2D eigenvalue weighted by Gasteiger charge is -2.37. The number of nitrogens with zero attached hydrogens (tertiary/aromatic N) is 1. The number of nitrogens with one attached hydrogen (secondary N) is 1. The van der Waals surface area contributed by atoms with Crippen LogP contribution < -0.4 is 5.32 Å². The van der Waals surface area contributed by atoms with Gasteiger partial charge in [0.15, 0.2) is 0 Å². The van der Waals surface area contributed by atoms with Crippen LogP contribution in [0.5, 0.6) is 0 Å². The normalized spacial score (nSPS) is 22.0. The smallest absolute Gasteiger partial charge is 0.0593 e. The first-order valence-electron chi connectivity index (χ1n) is 7.41. The van der Waals surface area contributed by atoms with E-state index in [-0.39, 0.29) is 24.8 Å². The number of piperidine rings is 1. The zero-order chi connectivity index (χ0) is 13.5. The number of anilines is 1. The summed E-state index contributed by atoms with van der Waals surface area (Å²) >= 11 is 0. The highest BCUT2D eigenvalue weighted by molar-refractivity contribution is 5.85. The Kier molecular flexibility index (Phi) is 10.9. The first-order valence-corrected chi connectivity index (χ1v) is 7.41. The van der Waals surface area contributed by atoms with Gasteiger partial charge < -0.3 is 15.0 Å². The van der Waals surface area contributed by atoms with Gasteiger partial charge in [-0.1, -0.05) is 25.1 Å². The molecule has 0 unspecified atom stereocenters. The summed E-state index contributed by atoms with van der Waals surface area (Å²) in [5.74, 6) is 0.676. The molecule has 0 radical (unpaired) electrons. The van der Waals surface area contributed by atoms with E-state index in [0.717, 1.165) is 26.3 Å². The van der Waals surface area contributed by atoms with Gasteiger partial charge in [-0.3, -0.25) is 0 Å². The Bertz CT molecular complexity index is 365. The maximum absolute atomic E-state index is 5.44. The molecule has 1 aliphatic heterocycles. The number of ether oxygens (including phenoxy) is 1. The number of hydrogen-bond acceptors (Lipinski definition) is 3. The molecule has 0 spiro atoms. The molecular formula is C16H28Cl2N2O. The summed E-state index contributed by atoms with van der Waals surface area (Å²) in [6.45, 7) is 9.48. The van der Waals surface area contributed by atoms with Crippen LogP contribution in [-0.4, -0.2) is 43.8 Å². The molecule has 0 aromatic heterocycles. The maximum Gasteiger partial charge on any atom is 0.0593 e. The Morgan fingerprint density at radius 1 is 1.24 bits per heavy atom. The molecule has 5 heteroatoms. The third-order valence-corrected chi connectivity index (χ3v) is 3.87. The minimum absolute atomic E-state index is 0. The van der Waals surface area contributed by atoms with Gasteiger partial charge >= 0.3 is 0 Å². The molecule has 1 saturated heterocycles. The Labute approximate surface area is 141 Å². The Balaban J connectivity index is 0.00000200. The van der Waals surface area contributed by atoms with Crippen molar-refractivity contribution in [1.82, 2.24) is 4.90 Å². The molecule has 1 fully saturated rings. The summed E-state index contributed by atoms with van der Waals surface area (Å²) in [6, 6.07) is 11.1. The molecule has 122 valence electrons. The van der Waals surface area contributed by atoms with Crippen molar-refractivity contribution in [2.45, 2.75) is 26.3 Å². The largest absolute Gasteiger partial charge is 0.382 e. The number of rotatable bonds is 6. The second-order valence-corrected chi connectivity index (χ2v) is 5.38. The van der Waals surface area contributed by atoms with Crippen LogP contribution in [-0.2, 0) is 4.74 Å². The van der Waals surface area contributed by atoms with Gasteiger partial charge in [0.2, 0.25) is 0 Å². The molecule has 1 heterocycles. The van der Waals surface area contributed by atoms with E-state index in [4.69, 9.17) is 4.74 Å². The highest BCUT2D eigenvalue weighted by atomic mass is 35.5. The Morgan fingerprint density at radius 3 is 2.57 bits per heavy atom. The third kappa shape index (κ3) is 6.88. The fourth-order valence-corrected chi connectivity index (χ4v) is 2.74. The summed E-state index contributed by atoms with van der Waals surface area (Å²) in [5.41, 5.74) is 1.24. The molecule has 1 N–H and O–H groups in total. The standard InChI is InChI=1S/C16H26N2O.2ClH/c1-3-19-12-11-18-10-9-16(14(2)13-18)17-15-7-5-4-6-8-15;;/h4-8,14,16-17H,3,9-13H2,1-2H3;2*1H/t14-,16-;;/m0../s1. The minimum Gasteiger partial charge on any atom is -0.382 e. The number of benzene rings is 1. The lowest BCUT2D eigenvalue weighted by molar-refractivity contribution is 0.0912. The molecule has 1 aliphatic rings. The summed E-state index contributed by atoms with van der Waals surface area (Å²) in [6.07, 6.45) is 1.21. The van der Waals surface area contributed by atoms with Crippen molar-refractivity contribution < 1.29 is 4.74 Å². The van der Waals surface area contributed by atoms with E-state index in [1.165, 1.54) is 18.7 Å².